The third kappa shape index (κ3) is 3.72. The molecule has 0 aliphatic carbocycles. The highest BCUT2D eigenvalue weighted by Crippen LogP contribution is 2.25. The van der Waals surface area contributed by atoms with Crippen molar-refractivity contribution in [2.75, 3.05) is 19.6 Å². The summed E-state index contributed by atoms with van der Waals surface area (Å²) in [6, 6.07) is 0. The van der Waals surface area contributed by atoms with Crippen LogP contribution in [0.2, 0.25) is 0 Å². The van der Waals surface area contributed by atoms with Crippen LogP contribution in [0.25, 0.3) is 0 Å². The van der Waals surface area contributed by atoms with Crippen molar-refractivity contribution in [1.82, 2.24) is 4.90 Å². The molecule has 1 aliphatic heterocycles. The van der Waals surface area contributed by atoms with Gasteiger partial charge in [-0.3, -0.25) is 9.69 Å². The molecule has 1 fully saturated rings. The summed E-state index contributed by atoms with van der Waals surface area (Å²) in [6.07, 6.45) is 1.74. The van der Waals surface area contributed by atoms with Crippen molar-refractivity contribution in [3.8, 4) is 0 Å². The first-order chi connectivity index (χ1) is 5.99. The van der Waals surface area contributed by atoms with Gasteiger partial charge < -0.3 is 5.11 Å². The quantitative estimate of drug-likeness (QED) is 0.711. The molecule has 3 nitrogen and oxygen atoms in total. The Balaban J connectivity index is 2.40. The lowest BCUT2D eigenvalue weighted by Gasteiger charge is -2.18. The molecular formula is C9H16FNO2. The Hall–Kier alpha value is -0.640. The first-order valence-electron chi connectivity index (χ1n) is 4.63. The molecular weight excluding hydrogens is 173 g/mol. The highest BCUT2D eigenvalue weighted by atomic mass is 19.1. The fourth-order valence-corrected chi connectivity index (χ4v) is 1.65. The predicted molar refractivity (Wildman–Crippen MR) is 47.4 cm³/mol. The fourth-order valence-electron chi connectivity index (χ4n) is 1.65. The second kappa shape index (κ2) is 4.05. The van der Waals surface area contributed by atoms with E-state index in [9.17, 15) is 9.18 Å². The van der Waals surface area contributed by atoms with E-state index in [1.165, 1.54) is 0 Å². The van der Waals surface area contributed by atoms with Crippen molar-refractivity contribution < 1.29 is 14.3 Å². The molecule has 1 saturated heterocycles. The summed E-state index contributed by atoms with van der Waals surface area (Å²) >= 11 is 0. The van der Waals surface area contributed by atoms with Crippen LogP contribution in [0.4, 0.5) is 4.39 Å². The number of carboxylic acid groups (broad SMARTS) is 1. The number of halogens is 1. The van der Waals surface area contributed by atoms with Crippen LogP contribution >= 0.6 is 0 Å². The van der Waals surface area contributed by atoms with Gasteiger partial charge in [-0.2, -0.15) is 0 Å². The maximum Gasteiger partial charge on any atom is 0.317 e. The number of rotatable bonds is 2. The molecule has 0 radical (unpaired) electrons. The van der Waals surface area contributed by atoms with E-state index < -0.39 is 11.6 Å². The summed E-state index contributed by atoms with van der Waals surface area (Å²) < 4.78 is 13.5. The molecule has 4 heteroatoms. The van der Waals surface area contributed by atoms with E-state index in [-0.39, 0.29) is 6.54 Å². The van der Waals surface area contributed by atoms with Crippen molar-refractivity contribution in [3.63, 3.8) is 0 Å². The van der Waals surface area contributed by atoms with Gasteiger partial charge in [0.15, 0.2) is 0 Å². The van der Waals surface area contributed by atoms with E-state index in [1.54, 1.807) is 11.8 Å². The van der Waals surface area contributed by atoms with Crippen molar-refractivity contribution >= 4 is 5.97 Å². The zero-order valence-corrected chi connectivity index (χ0v) is 7.92. The van der Waals surface area contributed by atoms with Gasteiger partial charge in [0, 0.05) is 6.54 Å². The second-order valence-electron chi connectivity index (χ2n) is 3.94. The average molecular weight is 189 g/mol. The summed E-state index contributed by atoms with van der Waals surface area (Å²) in [5.41, 5.74) is -1.10. The van der Waals surface area contributed by atoms with E-state index in [4.69, 9.17) is 5.11 Å². The lowest BCUT2D eigenvalue weighted by molar-refractivity contribution is -0.138. The molecule has 1 atom stereocenters. The number of nitrogens with zero attached hydrogens (tertiary/aromatic N) is 1. The summed E-state index contributed by atoms with van der Waals surface area (Å²) in [5.74, 6) is -0.831. The van der Waals surface area contributed by atoms with Crippen LogP contribution in [0.1, 0.15) is 26.2 Å². The van der Waals surface area contributed by atoms with Crippen LogP contribution < -0.4 is 0 Å². The topological polar surface area (TPSA) is 40.5 Å². The zero-order valence-electron chi connectivity index (χ0n) is 7.92. The Bertz CT molecular complexity index is 194. The Morgan fingerprint density at radius 3 is 2.85 bits per heavy atom. The van der Waals surface area contributed by atoms with Crippen LogP contribution in [0.3, 0.4) is 0 Å². The van der Waals surface area contributed by atoms with Gasteiger partial charge >= 0.3 is 5.97 Å². The van der Waals surface area contributed by atoms with E-state index in [1.807, 2.05) is 0 Å². The number of alkyl halides is 1. The molecule has 0 aromatic rings. The number of carboxylic acids is 1. The van der Waals surface area contributed by atoms with Crippen molar-refractivity contribution in [3.05, 3.63) is 0 Å². The molecule has 13 heavy (non-hydrogen) atoms. The molecule has 0 bridgehead atoms. The second-order valence-corrected chi connectivity index (χ2v) is 3.94. The molecule has 1 unspecified atom stereocenters. The SMILES string of the molecule is CC1(F)CCCN(CC(=O)O)CC1. The fraction of sp³-hybridized carbons (Fsp3) is 0.889. The van der Waals surface area contributed by atoms with Gasteiger partial charge in [0.2, 0.25) is 0 Å². The molecule has 1 aliphatic rings. The summed E-state index contributed by atoms with van der Waals surface area (Å²) in [6.45, 7) is 2.89. The standard InChI is InChI=1S/C9H16FNO2/c1-9(10)3-2-5-11(6-4-9)7-8(12)13/h2-7H2,1H3,(H,12,13). The Morgan fingerprint density at radius 1 is 1.54 bits per heavy atom. The molecule has 0 amide bonds. The minimum atomic E-state index is -1.10. The third-order valence-corrected chi connectivity index (χ3v) is 2.48. The molecule has 0 spiro atoms. The number of hydrogen-bond acceptors (Lipinski definition) is 2. The Morgan fingerprint density at radius 2 is 2.23 bits per heavy atom. The lowest BCUT2D eigenvalue weighted by Crippen LogP contribution is -2.31. The van der Waals surface area contributed by atoms with E-state index >= 15 is 0 Å². The van der Waals surface area contributed by atoms with Gasteiger partial charge in [-0.25, -0.2) is 4.39 Å². The monoisotopic (exact) mass is 189 g/mol. The first kappa shape index (κ1) is 10.4. The van der Waals surface area contributed by atoms with Crippen LogP contribution in [-0.4, -0.2) is 41.3 Å². The molecule has 1 rings (SSSR count). The number of aliphatic carboxylic acids is 1. The van der Waals surface area contributed by atoms with Crippen molar-refractivity contribution in [1.29, 1.82) is 0 Å². The van der Waals surface area contributed by atoms with Crippen LogP contribution in [0, 0.1) is 0 Å². The summed E-state index contributed by atoms with van der Waals surface area (Å²) in [5, 5.41) is 8.55. The van der Waals surface area contributed by atoms with Gasteiger partial charge in [-0.05, 0) is 32.7 Å². The van der Waals surface area contributed by atoms with Gasteiger partial charge in [-0.15, -0.1) is 0 Å². The normalized spacial score (nSPS) is 31.2. The van der Waals surface area contributed by atoms with Gasteiger partial charge in [0.1, 0.15) is 5.67 Å². The summed E-state index contributed by atoms with van der Waals surface area (Å²) in [4.78, 5) is 12.2. The molecule has 0 aromatic carbocycles. The smallest absolute Gasteiger partial charge is 0.317 e. The van der Waals surface area contributed by atoms with E-state index in [0.717, 1.165) is 6.42 Å². The minimum absolute atomic E-state index is 0.0378. The van der Waals surface area contributed by atoms with Gasteiger partial charge in [-0.1, -0.05) is 0 Å². The molecule has 1 N–H and O–H groups in total. The highest BCUT2D eigenvalue weighted by Gasteiger charge is 2.27. The van der Waals surface area contributed by atoms with E-state index in [2.05, 4.69) is 0 Å². The molecule has 0 saturated carbocycles. The van der Waals surface area contributed by atoms with E-state index in [0.29, 0.717) is 25.9 Å². The zero-order chi connectivity index (χ0) is 9.90. The van der Waals surface area contributed by atoms with Gasteiger partial charge in [0.05, 0.1) is 6.54 Å². The maximum absolute atomic E-state index is 13.5. The first-order valence-corrected chi connectivity index (χ1v) is 4.63. The van der Waals surface area contributed by atoms with Crippen LogP contribution in [-0.2, 0) is 4.79 Å². The van der Waals surface area contributed by atoms with Crippen molar-refractivity contribution in [2.24, 2.45) is 0 Å². The minimum Gasteiger partial charge on any atom is -0.480 e. The van der Waals surface area contributed by atoms with Gasteiger partial charge in [0.25, 0.3) is 0 Å². The van der Waals surface area contributed by atoms with Crippen LogP contribution in [0.5, 0.6) is 0 Å². The number of hydrogen-bond donors (Lipinski definition) is 1. The maximum atomic E-state index is 13.5. The Labute approximate surface area is 77.5 Å². The number of likely N-dealkylation sites (tertiary alicyclic amines) is 1. The lowest BCUT2D eigenvalue weighted by atomic mass is 10.0. The average Bonchev–Trinajstić information content (AvgIpc) is 2.12. The predicted octanol–water partition coefficient (Wildman–Crippen LogP) is 1.29. The molecule has 1 heterocycles. The Kier molecular flexibility index (Phi) is 3.25. The number of carbonyl (C=O) groups is 1. The molecule has 0 aromatic heterocycles. The van der Waals surface area contributed by atoms with Crippen molar-refractivity contribution in [2.45, 2.75) is 31.9 Å². The van der Waals surface area contributed by atoms with Crippen LogP contribution in [0.15, 0.2) is 0 Å². The highest BCUT2D eigenvalue weighted by molar-refractivity contribution is 5.69. The molecule has 76 valence electrons. The third-order valence-electron chi connectivity index (χ3n) is 2.48. The largest absolute Gasteiger partial charge is 0.480 e. The summed E-state index contributed by atoms with van der Waals surface area (Å²) in [7, 11) is 0.